The SMILES string of the molecule is CCCCOCCNCc1cc(Br)c2c(c1)OCCCO2. The lowest BCUT2D eigenvalue weighted by Crippen LogP contribution is -2.19. The normalized spacial score (nSPS) is 14.0. The summed E-state index contributed by atoms with van der Waals surface area (Å²) in [7, 11) is 0. The van der Waals surface area contributed by atoms with Gasteiger partial charge in [-0.05, 0) is 40.0 Å². The summed E-state index contributed by atoms with van der Waals surface area (Å²) in [4.78, 5) is 0. The second-order valence-electron chi connectivity index (χ2n) is 5.10. The molecule has 0 amide bonds. The van der Waals surface area contributed by atoms with Crippen molar-refractivity contribution in [2.45, 2.75) is 32.7 Å². The fraction of sp³-hybridized carbons (Fsp3) is 0.625. The smallest absolute Gasteiger partial charge is 0.175 e. The highest BCUT2D eigenvalue weighted by Crippen LogP contribution is 2.38. The Kier molecular flexibility index (Phi) is 7.33. The van der Waals surface area contributed by atoms with Crippen LogP contribution < -0.4 is 14.8 Å². The van der Waals surface area contributed by atoms with E-state index in [-0.39, 0.29) is 0 Å². The molecule has 1 aromatic rings. The first-order chi connectivity index (χ1) is 10.3. The summed E-state index contributed by atoms with van der Waals surface area (Å²) in [5.41, 5.74) is 1.18. The molecule has 0 spiro atoms. The predicted octanol–water partition coefficient (Wildman–Crippen LogP) is 3.52. The Morgan fingerprint density at radius 2 is 2.10 bits per heavy atom. The van der Waals surface area contributed by atoms with E-state index in [0.717, 1.165) is 55.1 Å². The maximum atomic E-state index is 5.73. The van der Waals surface area contributed by atoms with Crippen molar-refractivity contribution < 1.29 is 14.2 Å². The summed E-state index contributed by atoms with van der Waals surface area (Å²) in [5, 5.41) is 3.39. The standard InChI is InChI=1S/C16H24BrNO3/c1-2-3-6-19-9-5-18-12-13-10-14(17)16-15(11-13)20-7-4-8-21-16/h10-11,18H,2-9,12H2,1H3. The molecule has 0 radical (unpaired) electrons. The number of unbranched alkanes of at least 4 members (excludes halogenated alkanes) is 1. The fourth-order valence-electron chi connectivity index (χ4n) is 2.11. The van der Waals surface area contributed by atoms with Gasteiger partial charge in [0.05, 0.1) is 24.3 Å². The minimum absolute atomic E-state index is 0.707. The molecule has 0 saturated carbocycles. The van der Waals surface area contributed by atoms with Crippen molar-refractivity contribution in [3.63, 3.8) is 0 Å². The van der Waals surface area contributed by atoms with Gasteiger partial charge in [0, 0.05) is 26.1 Å². The molecule has 1 aliphatic rings. The van der Waals surface area contributed by atoms with E-state index in [1.54, 1.807) is 0 Å². The molecule has 0 aromatic heterocycles. The van der Waals surface area contributed by atoms with Gasteiger partial charge in [0.15, 0.2) is 11.5 Å². The third-order valence-electron chi connectivity index (χ3n) is 3.26. The van der Waals surface area contributed by atoms with E-state index in [9.17, 15) is 0 Å². The molecule has 0 fully saturated rings. The van der Waals surface area contributed by atoms with E-state index < -0.39 is 0 Å². The number of benzene rings is 1. The largest absolute Gasteiger partial charge is 0.490 e. The van der Waals surface area contributed by atoms with Gasteiger partial charge in [-0.2, -0.15) is 0 Å². The van der Waals surface area contributed by atoms with E-state index in [4.69, 9.17) is 14.2 Å². The van der Waals surface area contributed by atoms with Gasteiger partial charge in [0.25, 0.3) is 0 Å². The van der Waals surface area contributed by atoms with Gasteiger partial charge in [-0.25, -0.2) is 0 Å². The number of fused-ring (bicyclic) bond motifs is 1. The molecular weight excluding hydrogens is 334 g/mol. The molecule has 0 bridgehead atoms. The molecule has 0 aliphatic carbocycles. The molecule has 1 aromatic carbocycles. The molecule has 2 rings (SSSR count). The van der Waals surface area contributed by atoms with Gasteiger partial charge >= 0.3 is 0 Å². The summed E-state index contributed by atoms with van der Waals surface area (Å²) in [6, 6.07) is 4.13. The number of hydrogen-bond acceptors (Lipinski definition) is 4. The first-order valence-electron chi connectivity index (χ1n) is 7.67. The van der Waals surface area contributed by atoms with Gasteiger partial charge in [-0.15, -0.1) is 0 Å². The highest BCUT2D eigenvalue weighted by Gasteiger charge is 2.14. The van der Waals surface area contributed by atoms with Crippen LogP contribution >= 0.6 is 15.9 Å². The van der Waals surface area contributed by atoms with Crippen molar-refractivity contribution in [3.05, 3.63) is 22.2 Å². The highest BCUT2D eigenvalue weighted by molar-refractivity contribution is 9.10. The first kappa shape index (κ1) is 16.6. The lowest BCUT2D eigenvalue weighted by atomic mass is 10.2. The van der Waals surface area contributed by atoms with Crippen LogP contribution in [0.2, 0.25) is 0 Å². The monoisotopic (exact) mass is 357 g/mol. The van der Waals surface area contributed by atoms with Crippen molar-refractivity contribution in [3.8, 4) is 11.5 Å². The molecule has 1 heterocycles. The highest BCUT2D eigenvalue weighted by atomic mass is 79.9. The van der Waals surface area contributed by atoms with Crippen LogP contribution in [0, 0.1) is 0 Å². The van der Waals surface area contributed by atoms with Crippen molar-refractivity contribution >= 4 is 15.9 Å². The molecule has 1 aliphatic heterocycles. The molecule has 5 heteroatoms. The maximum absolute atomic E-state index is 5.73. The van der Waals surface area contributed by atoms with E-state index in [1.165, 1.54) is 12.0 Å². The Labute approximate surface area is 135 Å². The van der Waals surface area contributed by atoms with Gasteiger partial charge in [0.2, 0.25) is 0 Å². The van der Waals surface area contributed by atoms with Crippen LogP contribution in [-0.2, 0) is 11.3 Å². The molecule has 21 heavy (non-hydrogen) atoms. The summed E-state index contributed by atoms with van der Waals surface area (Å²) in [6.45, 7) is 6.85. The first-order valence-corrected chi connectivity index (χ1v) is 8.47. The summed E-state index contributed by atoms with van der Waals surface area (Å²) in [6.07, 6.45) is 3.23. The maximum Gasteiger partial charge on any atom is 0.175 e. The van der Waals surface area contributed by atoms with E-state index in [1.807, 2.05) is 0 Å². The van der Waals surface area contributed by atoms with Crippen molar-refractivity contribution in [2.24, 2.45) is 0 Å². The predicted molar refractivity (Wildman–Crippen MR) is 87.2 cm³/mol. The Hall–Kier alpha value is -0.780. The van der Waals surface area contributed by atoms with Gasteiger partial charge in [-0.1, -0.05) is 13.3 Å². The lowest BCUT2D eigenvalue weighted by Gasteiger charge is -2.12. The van der Waals surface area contributed by atoms with Crippen LogP contribution in [0.25, 0.3) is 0 Å². The number of ether oxygens (including phenoxy) is 3. The zero-order valence-electron chi connectivity index (χ0n) is 12.6. The molecule has 0 atom stereocenters. The van der Waals surface area contributed by atoms with E-state index in [0.29, 0.717) is 13.2 Å². The topological polar surface area (TPSA) is 39.7 Å². The zero-order valence-corrected chi connectivity index (χ0v) is 14.2. The summed E-state index contributed by atoms with van der Waals surface area (Å²) >= 11 is 3.56. The number of rotatable bonds is 8. The minimum Gasteiger partial charge on any atom is -0.490 e. The Balaban J connectivity index is 1.78. The number of halogens is 1. The minimum atomic E-state index is 0.707. The van der Waals surface area contributed by atoms with Crippen LogP contribution in [0.1, 0.15) is 31.7 Å². The number of nitrogens with one attached hydrogen (secondary N) is 1. The lowest BCUT2D eigenvalue weighted by molar-refractivity contribution is 0.133. The van der Waals surface area contributed by atoms with Crippen LogP contribution in [0.15, 0.2) is 16.6 Å². The van der Waals surface area contributed by atoms with Crippen molar-refractivity contribution in [1.82, 2.24) is 5.32 Å². The van der Waals surface area contributed by atoms with Crippen LogP contribution in [-0.4, -0.2) is 33.0 Å². The van der Waals surface area contributed by atoms with Gasteiger partial charge in [-0.3, -0.25) is 0 Å². The Morgan fingerprint density at radius 3 is 2.95 bits per heavy atom. The summed E-state index contributed by atoms with van der Waals surface area (Å²) in [5.74, 6) is 1.65. The second-order valence-corrected chi connectivity index (χ2v) is 5.95. The van der Waals surface area contributed by atoms with Crippen LogP contribution in [0.3, 0.4) is 0 Å². The number of hydrogen-bond donors (Lipinski definition) is 1. The van der Waals surface area contributed by atoms with Gasteiger partial charge < -0.3 is 19.5 Å². The Morgan fingerprint density at radius 1 is 1.24 bits per heavy atom. The Bertz CT molecular complexity index is 440. The fourth-order valence-corrected chi connectivity index (χ4v) is 2.72. The van der Waals surface area contributed by atoms with Crippen LogP contribution in [0.5, 0.6) is 11.5 Å². The average Bonchev–Trinajstić information content (AvgIpc) is 2.72. The van der Waals surface area contributed by atoms with E-state index in [2.05, 4.69) is 40.3 Å². The van der Waals surface area contributed by atoms with Crippen molar-refractivity contribution in [1.29, 1.82) is 0 Å². The average molecular weight is 358 g/mol. The molecule has 0 unspecified atom stereocenters. The molecule has 0 saturated heterocycles. The quantitative estimate of drug-likeness (QED) is 0.722. The second kappa shape index (κ2) is 9.28. The third kappa shape index (κ3) is 5.49. The van der Waals surface area contributed by atoms with Crippen molar-refractivity contribution in [2.75, 3.05) is 33.0 Å². The summed E-state index contributed by atoms with van der Waals surface area (Å²) < 4.78 is 17.9. The molecule has 1 N–H and O–H groups in total. The molecular formula is C16H24BrNO3. The third-order valence-corrected chi connectivity index (χ3v) is 3.85. The zero-order chi connectivity index (χ0) is 14.9. The van der Waals surface area contributed by atoms with E-state index >= 15 is 0 Å². The van der Waals surface area contributed by atoms with Gasteiger partial charge in [0.1, 0.15) is 0 Å². The molecule has 118 valence electrons. The molecule has 4 nitrogen and oxygen atoms in total. The van der Waals surface area contributed by atoms with Crippen LogP contribution in [0.4, 0.5) is 0 Å².